The first kappa shape index (κ1) is 12.9. The van der Waals surface area contributed by atoms with Crippen molar-refractivity contribution in [3.05, 3.63) is 29.3 Å². The first-order valence-corrected chi connectivity index (χ1v) is 7.43. The molecule has 4 N–H and O–H groups in total. The fourth-order valence-corrected chi connectivity index (χ4v) is 3.58. The Labute approximate surface area is 115 Å². The maximum absolute atomic E-state index is 5.62. The van der Waals surface area contributed by atoms with E-state index in [1.54, 1.807) is 16.9 Å². The highest BCUT2D eigenvalue weighted by Gasteiger charge is 2.36. The number of piperazine rings is 1. The average Bonchev–Trinajstić information content (AvgIpc) is 2.47. The third-order valence-electron chi connectivity index (χ3n) is 4.73. The molecule has 1 atom stereocenters. The van der Waals surface area contributed by atoms with Crippen LogP contribution in [0.4, 0.5) is 0 Å². The van der Waals surface area contributed by atoms with E-state index in [1.165, 1.54) is 43.9 Å². The Balaban J connectivity index is 1.89. The lowest BCUT2D eigenvalue weighted by molar-refractivity contribution is -1.03. The molecule has 4 heteroatoms. The number of likely N-dealkylation sites (N-methyl/N-ethyl adjacent to an activating group) is 1. The highest BCUT2D eigenvalue weighted by atomic mass is 16.5. The van der Waals surface area contributed by atoms with Crippen LogP contribution < -0.4 is 19.9 Å². The maximum atomic E-state index is 5.62. The van der Waals surface area contributed by atoms with E-state index in [2.05, 4.69) is 30.6 Å². The molecule has 1 aromatic carbocycles. The van der Waals surface area contributed by atoms with Gasteiger partial charge in [-0.1, -0.05) is 12.1 Å². The number of benzene rings is 1. The Morgan fingerprint density at radius 3 is 2.74 bits per heavy atom. The summed E-state index contributed by atoms with van der Waals surface area (Å²) in [6.07, 6.45) is 0. The minimum atomic E-state index is 0.605. The largest absolute Gasteiger partial charge is 0.496 e. The monoisotopic (exact) mass is 264 g/mol. The van der Waals surface area contributed by atoms with E-state index in [0.717, 1.165) is 12.3 Å². The molecular formula is C15H26N3O+3. The molecule has 0 aliphatic carbocycles. The van der Waals surface area contributed by atoms with Gasteiger partial charge in [-0.25, -0.2) is 0 Å². The summed E-state index contributed by atoms with van der Waals surface area (Å²) in [5, 5.41) is 2.45. The van der Waals surface area contributed by atoms with Gasteiger partial charge in [0.05, 0.1) is 19.7 Å². The molecule has 104 valence electrons. The predicted molar refractivity (Wildman–Crippen MR) is 73.5 cm³/mol. The Hall–Kier alpha value is -1.10. The summed E-state index contributed by atoms with van der Waals surface area (Å²) in [5.74, 6) is 1.09. The zero-order chi connectivity index (χ0) is 13.2. The molecule has 4 nitrogen and oxygen atoms in total. The second-order valence-corrected chi connectivity index (χ2v) is 5.93. The van der Waals surface area contributed by atoms with Crippen LogP contribution in [0.25, 0.3) is 0 Å². The van der Waals surface area contributed by atoms with E-state index in [-0.39, 0.29) is 0 Å². The first-order chi connectivity index (χ1) is 9.29. The van der Waals surface area contributed by atoms with Crippen LogP contribution in [0.3, 0.4) is 0 Å². The van der Waals surface area contributed by atoms with Crippen LogP contribution in [0.5, 0.6) is 5.75 Å². The molecule has 0 amide bonds. The maximum Gasteiger partial charge on any atom is 0.167 e. The van der Waals surface area contributed by atoms with E-state index in [0.29, 0.717) is 6.04 Å². The Morgan fingerprint density at radius 1 is 1.21 bits per heavy atom. The molecule has 2 aliphatic heterocycles. The minimum absolute atomic E-state index is 0.605. The quantitative estimate of drug-likeness (QED) is 0.531. The van der Waals surface area contributed by atoms with E-state index in [9.17, 15) is 0 Å². The molecule has 0 unspecified atom stereocenters. The van der Waals surface area contributed by atoms with Crippen LogP contribution >= 0.6 is 0 Å². The Morgan fingerprint density at radius 2 is 2.00 bits per heavy atom. The first-order valence-electron chi connectivity index (χ1n) is 7.43. The lowest BCUT2D eigenvalue weighted by Gasteiger charge is -2.35. The molecule has 3 rings (SSSR count). The summed E-state index contributed by atoms with van der Waals surface area (Å²) >= 11 is 0. The minimum Gasteiger partial charge on any atom is -0.496 e. The Kier molecular flexibility index (Phi) is 3.73. The molecule has 2 aliphatic rings. The summed E-state index contributed by atoms with van der Waals surface area (Å²) in [6.45, 7) is 7.43. The molecule has 0 spiro atoms. The number of nitrogens with two attached hydrogens (primary N) is 1. The Bertz CT molecular complexity index is 427. The second-order valence-electron chi connectivity index (χ2n) is 5.93. The molecule has 0 radical (unpaired) electrons. The van der Waals surface area contributed by atoms with Crippen molar-refractivity contribution < 1.29 is 19.9 Å². The number of hydrogen-bond acceptors (Lipinski definition) is 1. The zero-order valence-corrected chi connectivity index (χ0v) is 12.0. The van der Waals surface area contributed by atoms with Gasteiger partial charge in [-0.05, 0) is 6.07 Å². The smallest absolute Gasteiger partial charge is 0.167 e. The number of rotatable bonds is 2. The van der Waals surface area contributed by atoms with Gasteiger partial charge >= 0.3 is 0 Å². The number of hydrogen-bond donors (Lipinski definition) is 3. The highest BCUT2D eigenvalue weighted by molar-refractivity contribution is 5.42. The number of quaternary nitrogens is 3. The third-order valence-corrected chi connectivity index (χ3v) is 4.73. The third kappa shape index (κ3) is 2.48. The van der Waals surface area contributed by atoms with Crippen molar-refractivity contribution in [1.29, 1.82) is 0 Å². The van der Waals surface area contributed by atoms with Crippen LogP contribution in [0.1, 0.15) is 17.2 Å². The second kappa shape index (κ2) is 5.49. The number of fused-ring (bicyclic) bond motifs is 1. The summed E-state index contributed by atoms with van der Waals surface area (Å²) in [5.41, 5.74) is 2.94. The predicted octanol–water partition coefficient (Wildman–Crippen LogP) is -2.77. The van der Waals surface area contributed by atoms with Crippen LogP contribution in [0, 0.1) is 0 Å². The van der Waals surface area contributed by atoms with Crippen molar-refractivity contribution in [2.45, 2.75) is 12.6 Å². The van der Waals surface area contributed by atoms with Crippen LogP contribution in [-0.2, 0) is 6.54 Å². The van der Waals surface area contributed by atoms with Gasteiger partial charge < -0.3 is 19.9 Å². The van der Waals surface area contributed by atoms with E-state index in [4.69, 9.17) is 4.74 Å². The van der Waals surface area contributed by atoms with Gasteiger partial charge in [0.25, 0.3) is 0 Å². The van der Waals surface area contributed by atoms with Crippen LogP contribution in [0.15, 0.2) is 18.2 Å². The topological polar surface area (TPSA) is 34.7 Å². The van der Waals surface area contributed by atoms with Crippen molar-refractivity contribution in [2.75, 3.05) is 46.9 Å². The lowest BCUT2D eigenvalue weighted by atomic mass is 9.94. The molecule has 1 saturated heterocycles. The van der Waals surface area contributed by atoms with Crippen LogP contribution in [0.2, 0.25) is 0 Å². The van der Waals surface area contributed by atoms with Gasteiger partial charge in [0.15, 0.2) is 6.04 Å². The standard InChI is InChI=1S/C15H23N3O/c1-17-6-8-18(9-7-17)13-11-16-10-12-4-3-5-14(19-2)15(12)13/h3-5,13,16H,6-11H2,1-2H3/p+3/t13-/m0/s1. The fraction of sp³-hybridized carbons (Fsp3) is 0.600. The molecule has 0 aromatic heterocycles. The molecule has 0 bridgehead atoms. The molecule has 1 aromatic rings. The van der Waals surface area contributed by atoms with E-state index >= 15 is 0 Å². The summed E-state index contributed by atoms with van der Waals surface area (Å²) < 4.78 is 5.62. The van der Waals surface area contributed by atoms with Gasteiger partial charge in [-0.2, -0.15) is 0 Å². The normalized spacial score (nSPS) is 30.7. The molecular weight excluding hydrogens is 238 g/mol. The lowest BCUT2D eigenvalue weighted by Crippen LogP contribution is -3.28. The molecule has 1 fully saturated rings. The van der Waals surface area contributed by atoms with Crippen molar-refractivity contribution in [3.63, 3.8) is 0 Å². The molecule has 19 heavy (non-hydrogen) atoms. The van der Waals surface area contributed by atoms with Crippen molar-refractivity contribution >= 4 is 0 Å². The molecule has 2 heterocycles. The summed E-state index contributed by atoms with van der Waals surface area (Å²) in [6, 6.07) is 7.12. The fourth-order valence-electron chi connectivity index (χ4n) is 3.58. The SMILES string of the molecule is COc1cccc2c1[C@@H]([NH+]1CC[NH+](C)CC1)C[NH2+]C2. The summed E-state index contributed by atoms with van der Waals surface area (Å²) in [7, 11) is 4.10. The van der Waals surface area contributed by atoms with Gasteiger partial charge in [0.1, 0.15) is 45.0 Å². The van der Waals surface area contributed by atoms with Crippen molar-refractivity contribution in [3.8, 4) is 5.75 Å². The average molecular weight is 264 g/mol. The van der Waals surface area contributed by atoms with Crippen molar-refractivity contribution in [2.24, 2.45) is 0 Å². The summed E-state index contributed by atoms with van der Waals surface area (Å²) in [4.78, 5) is 3.41. The highest BCUT2D eigenvalue weighted by Crippen LogP contribution is 2.28. The van der Waals surface area contributed by atoms with Gasteiger partial charge in [0.2, 0.25) is 0 Å². The van der Waals surface area contributed by atoms with E-state index in [1.807, 2.05) is 0 Å². The number of nitrogens with one attached hydrogen (secondary N) is 2. The van der Waals surface area contributed by atoms with E-state index < -0.39 is 0 Å². The molecule has 0 saturated carbocycles. The van der Waals surface area contributed by atoms with Crippen LogP contribution in [-0.4, -0.2) is 46.9 Å². The zero-order valence-electron chi connectivity index (χ0n) is 12.0. The van der Waals surface area contributed by atoms with Gasteiger partial charge in [-0.15, -0.1) is 0 Å². The van der Waals surface area contributed by atoms with Gasteiger partial charge in [0, 0.05) is 5.56 Å². The van der Waals surface area contributed by atoms with Gasteiger partial charge in [-0.3, -0.25) is 0 Å². The number of ether oxygens (including phenoxy) is 1. The number of methoxy groups -OCH3 is 1. The van der Waals surface area contributed by atoms with Crippen molar-refractivity contribution in [1.82, 2.24) is 0 Å².